The Bertz CT molecular complexity index is 290. The highest BCUT2D eigenvalue weighted by Crippen LogP contribution is 2.25. The first-order valence-corrected chi connectivity index (χ1v) is 5.12. The summed E-state index contributed by atoms with van der Waals surface area (Å²) in [7, 11) is 0. The molecule has 1 aliphatic rings. The van der Waals surface area contributed by atoms with Gasteiger partial charge in [0.05, 0.1) is 6.04 Å². The molecule has 0 aromatic heterocycles. The second-order valence-corrected chi connectivity index (χ2v) is 4.13. The molecule has 84 valence electrons. The third-order valence-corrected chi connectivity index (χ3v) is 2.92. The number of rotatable bonds is 3. The van der Waals surface area contributed by atoms with Gasteiger partial charge in [0.25, 0.3) is 5.91 Å². The largest absolute Gasteiger partial charge is 0.330 e. The van der Waals surface area contributed by atoms with Crippen molar-refractivity contribution in [2.45, 2.75) is 39.3 Å². The number of Topliss-reactive ketones (excluding diaryl/α,β-unsaturated/α-hetero) is 1. The molecule has 1 aliphatic heterocycles. The number of nitroso groups, excluding NO2 is 1. The number of likely N-dealkylation sites (tertiary alicyclic amines) is 1. The van der Waals surface area contributed by atoms with E-state index >= 15 is 0 Å². The van der Waals surface area contributed by atoms with E-state index in [1.807, 2.05) is 6.92 Å². The van der Waals surface area contributed by atoms with Crippen LogP contribution < -0.4 is 0 Å². The van der Waals surface area contributed by atoms with Crippen LogP contribution in [0.25, 0.3) is 0 Å². The number of hydrogen-bond acceptors (Lipinski definition) is 4. The van der Waals surface area contributed by atoms with Crippen molar-refractivity contribution < 1.29 is 9.59 Å². The number of carbonyl (C=O) groups is 2. The van der Waals surface area contributed by atoms with Gasteiger partial charge in [-0.25, -0.2) is 0 Å². The lowest BCUT2D eigenvalue weighted by atomic mass is 10.00. The zero-order valence-corrected chi connectivity index (χ0v) is 9.27. The van der Waals surface area contributed by atoms with Crippen molar-refractivity contribution in [3.8, 4) is 0 Å². The van der Waals surface area contributed by atoms with Crippen LogP contribution in [0.5, 0.6) is 0 Å². The lowest BCUT2D eigenvalue weighted by Gasteiger charge is -2.25. The number of amides is 1. The lowest BCUT2D eigenvalue weighted by Crippen LogP contribution is -2.45. The first-order chi connectivity index (χ1) is 6.99. The minimum Gasteiger partial charge on any atom is -0.330 e. The summed E-state index contributed by atoms with van der Waals surface area (Å²) in [5.74, 6) is -0.189. The van der Waals surface area contributed by atoms with Gasteiger partial charge in [-0.05, 0) is 26.2 Å². The van der Waals surface area contributed by atoms with Gasteiger partial charge in [0, 0.05) is 6.54 Å². The van der Waals surface area contributed by atoms with Crippen molar-refractivity contribution >= 4 is 11.7 Å². The molecule has 5 heteroatoms. The molecule has 0 unspecified atom stereocenters. The second kappa shape index (κ2) is 4.51. The first kappa shape index (κ1) is 11.8. The molecule has 0 radical (unpaired) electrons. The molecule has 5 nitrogen and oxygen atoms in total. The van der Waals surface area contributed by atoms with E-state index in [-0.39, 0.29) is 23.7 Å². The lowest BCUT2D eigenvalue weighted by molar-refractivity contribution is -0.138. The van der Waals surface area contributed by atoms with Gasteiger partial charge in [-0.1, -0.05) is 12.1 Å². The number of carbonyl (C=O) groups excluding carboxylic acids is 2. The summed E-state index contributed by atoms with van der Waals surface area (Å²) in [6.45, 7) is 5.42. The van der Waals surface area contributed by atoms with E-state index < -0.39 is 6.04 Å². The van der Waals surface area contributed by atoms with E-state index in [4.69, 9.17) is 0 Å². The van der Waals surface area contributed by atoms with Crippen LogP contribution in [-0.2, 0) is 9.59 Å². The predicted octanol–water partition coefficient (Wildman–Crippen LogP) is 0.967. The maximum Gasteiger partial charge on any atom is 0.251 e. The molecule has 0 aliphatic carbocycles. The number of nitrogens with zero attached hydrogens (tertiary/aromatic N) is 2. The summed E-state index contributed by atoms with van der Waals surface area (Å²) >= 11 is 0. The fourth-order valence-corrected chi connectivity index (χ4v) is 2.10. The van der Waals surface area contributed by atoms with Crippen LogP contribution in [0.15, 0.2) is 5.18 Å². The quantitative estimate of drug-likeness (QED) is 0.654. The van der Waals surface area contributed by atoms with Crippen molar-refractivity contribution in [2.24, 2.45) is 11.1 Å². The fraction of sp³-hybridized carbons (Fsp3) is 0.800. The number of ketones is 1. The Balaban J connectivity index is 2.81. The number of hydrogen-bond donors (Lipinski definition) is 0. The maximum atomic E-state index is 11.7. The minimum absolute atomic E-state index is 0.0218. The van der Waals surface area contributed by atoms with Crippen molar-refractivity contribution in [3.05, 3.63) is 4.91 Å². The Labute approximate surface area is 88.8 Å². The van der Waals surface area contributed by atoms with Gasteiger partial charge in [0.1, 0.15) is 0 Å². The molecule has 0 bridgehead atoms. The molecule has 0 aromatic rings. The minimum atomic E-state index is -0.892. The summed E-state index contributed by atoms with van der Waals surface area (Å²) in [4.78, 5) is 34.9. The Morgan fingerprint density at radius 1 is 1.47 bits per heavy atom. The van der Waals surface area contributed by atoms with Crippen LogP contribution in [0.4, 0.5) is 0 Å². The smallest absolute Gasteiger partial charge is 0.251 e. The van der Waals surface area contributed by atoms with E-state index in [9.17, 15) is 14.5 Å². The van der Waals surface area contributed by atoms with E-state index in [0.717, 1.165) is 6.42 Å². The van der Waals surface area contributed by atoms with Gasteiger partial charge < -0.3 is 4.90 Å². The first-order valence-electron chi connectivity index (χ1n) is 5.12. The van der Waals surface area contributed by atoms with Crippen LogP contribution >= 0.6 is 0 Å². The highest BCUT2D eigenvalue weighted by molar-refractivity contribution is 5.90. The van der Waals surface area contributed by atoms with Gasteiger partial charge in [-0.2, -0.15) is 0 Å². The standard InChI is InChI=1S/C10H16N2O3/c1-6-4-5-12(9(6)8(3)13)10(14)7(2)11-15/h6-7,9H,4-5H2,1-3H3/t6-,7+,9+/m1/s1. The Hall–Kier alpha value is -1.26. The third kappa shape index (κ3) is 2.22. The van der Waals surface area contributed by atoms with Crippen molar-refractivity contribution in [2.75, 3.05) is 6.54 Å². The zero-order chi connectivity index (χ0) is 11.6. The van der Waals surface area contributed by atoms with E-state index in [1.165, 1.54) is 18.7 Å². The average Bonchev–Trinajstić information content (AvgIpc) is 2.57. The van der Waals surface area contributed by atoms with Crippen LogP contribution in [-0.4, -0.2) is 35.2 Å². The van der Waals surface area contributed by atoms with Gasteiger partial charge >= 0.3 is 0 Å². The van der Waals surface area contributed by atoms with Crippen molar-refractivity contribution in [1.29, 1.82) is 0 Å². The monoisotopic (exact) mass is 212 g/mol. The highest BCUT2D eigenvalue weighted by Gasteiger charge is 2.39. The van der Waals surface area contributed by atoms with E-state index in [1.54, 1.807) is 0 Å². The molecule has 0 saturated carbocycles. The van der Waals surface area contributed by atoms with Gasteiger partial charge in [0.15, 0.2) is 11.8 Å². The molecule has 0 spiro atoms. The Morgan fingerprint density at radius 3 is 2.53 bits per heavy atom. The van der Waals surface area contributed by atoms with Crippen molar-refractivity contribution in [1.82, 2.24) is 4.90 Å². The molecule has 0 aromatic carbocycles. The van der Waals surface area contributed by atoms with Gasteiger partial charge in [-0.3, -0.25) is 9.59 Å². The topological polar surface area (TPSA) is 66.8 Å². The molecule has 1 rings (SSSR count). The van der Waals surface area contributed by atoms with E-state index in [0.29, 0.717) is 6.54 Å². The maximum absolute atomic E-state index is 11.7. The molecular weight excluding hydrogens is 196 g/mol. The highest BCUT2D eigenvalue weighted by atomic mass is 16.3. The average molecular weight is 212 g/mol. The Kier molecular flexibility index (Phi) is 3.55. The molecule has 1 fully saturated rings. The molecule has 1 saturated heterocycles. The van der Waals surface area contributed by atoms with Crippen LogP contribution in [0, 0.1) is 10.8 Å². The molecule has 1 amide bonds. The summed E-state index contributed by atoms with van der Waals surface area (Å²) in [6.07, 6.45) is 0.807. The summed E-state index contributed by atoms with van der Waals surface area (Å²) in [5, 5.41) is 2.70. The van der Waals surface area contributed by atoms with Crippen molar-refractivity contribution in [3.63, 3.8) is 0 Å². The summed E-state index contributed by atoms with van der Waals surface area (Å²) in [5.41, 5.74) is 0. The molecule has 0 N–H and O–H groups in total. The second-order valence-electron chi connectivity index (χ2n) is 4.13. The van der Waals surface area contributed by atoms with Gasteiger partial charge in [-0.15, -0.1) is 4.91 Å². The fourth-order valence-electron chi connectivity index (χ4n) is 2.10. The summed E-state index contributed by atoms with van der Waals surface area (Å²) < 4.78 is 0. The zero-order valence-electron chi connectivity index (χ0n) is 9.27. The van der Waals surface area contributed by atoms with Crippen LogP contribution in [0.3, 0.4) is 0 Å². The molecule has 1 heterocycles. The SMILES string of the molecule is CC(=O)[C@@H]1[C@H](C)CCN1C(=O)[C@H](C)N=O. The third-order valence-electron chi connectivity index (χ3n) is 2.92. The predicted molar refractivity (Wildman–Crippen MR) is 55.2 cm³/mol. The van der Waals surface area contributed by atoms with E-state index in [2.05, 4.69) is 5.18 Å². The molecular formula is C10H16N2O3. The summed E-state index contributed by atoms with van der Waals surface area (Å²) in [6, 6.07) is -1.26. The Morgan fingerprint density at radius 2 is 2.07 bits per heavy atom. The normalized spacial score (nSPS) is 27.5. The van der Waals surface area contributed by atoms with Crippen LogP contribution in [0.1, 0.15) is 27.2 Å². The van der Waals surface area contributed by atoms with Gasteiger partial charge in [0.2, 0.25) is 0 Å². The van der Waals surface area contributed by atoms with Crippen LogP contribution in [0.2, 0.25) is 0 Å². The molecule has 3 atom stereocenters. The molecule has 15 heavy (non-hydrogen) atoms.